The standard InChI is InChI=1S/C11H8N4O/c1-7-5-10(13-6-12-7)8-3-2-4-9-11(8)15-16-14-9/h2-6H,1H3. The van der Waals surface area contributed by atoms with Gasteiger partial charge in [0, 0.05) is 11.3 Å². The zero-order valence-electron chi connectivity index (χ0n) is 8.58. The number of rotatable bonds is 1. The van der Waals surface area contributed by atoms with Gasteiger partial charge in [-0.25, -0.2) is 14.6 Å². The van der Waals surface area contributed by atoms with Crippen molar-refractivity contribution in [2.24, 2.45) is 0 Å². The van der Waals surface area contributed by atoms with Gasteiger partial charge < -0.3 is 0 Å². The van der Waals surface area contributed by atoms with E-state index in [-0.39, 0.29) is 0 Å². The summed E-state index contributed by atoms with van der Waals surface area (Å²) in [4.78, 5) is 8.28. The van der Waals surface area contributed by atoms with Crippen molar-refractivity contribution in [1.82, 2.24) is 20.3 Å². The molecule has 0 amide bonds. The van der Waals surface area contributed by atoms with E-state index in [1.165, 1.54) is 6.33 Å². The molecule has 16 heavy (non-hydrogen) atoms. The molecule has 0 aliphatic carbocycles. The van der Waals surface area contributed by atoms with Gasteiger partial charge in [-0.15, -0.1) is 0 Å². The van der Waals surface area contributed by atoms with Gasteiger partial charge in [0.25, 0.3) is 0 Å². The van der Waals surface area contributed by atoms with Crippen LogP contribution in [0.25, 0.3) is 22.3 Å². The highest BCUT2D eigenvalue weighted by Crippen LogP contribution is 2.24. The van der Waals surface area contributed by atoms with Gasteiger partial charge in [-0.3, -0.25) is 0 Å². The predicted molar refractivity (Wildman–Crippen MR) is 57.6 cm³/mol. The molecule has 2 aromatic heterocycles. The summed E-state index contributed by atoms with van der Waals surface area (Å²) in [6.07, 6.45) is 1.54. The Kier molecular flexibility index (Phi) is 1.89. The Morgan fingerprint density at radius 1 is 1.12 bits per heavy atom. The van der Waals surface area contributed by atoms with E-state index in [1.807, 2.05) is 31.2 Å². The molecule has 0 aliphatic heterocycles. The van der Waals surface area contributed by atoms with Crippen LogP contribution in [0.5, 0.6) is 0 Å². The number of aryl methyl sites for hydroxylation is 1. The third kappa shape index (κ3) is 1.33. The minimum Gasteiger partial charge on any atom is -0.243 e. The Morgan fingerprint density at radius 3 is 2.94 bits per heavy atom. The molecule has 3 rings (SSSR count). The van der Waals surface area contributed by atoms with E-state index in [0.717, 1.165) is 28.0 Å². The topological polar surface area (TPSA) is 64.7 Å². The Labute approximate surface area is 91.1 Å². The normalized spacial score (nSPS) is 10.8. The summed E-state index contributed by atoms with van der Waals surface area (Å²) in [5.74, 6) is 0. The zero-order valence-corrected chi connectivity index (χ0v) is 8.58. The van der Waals surface area contributed by atoms with E-state index >= 15 is 0 Å². The number of hydrogen-bond donors (Lipinski definition) is 0. The summed E-state index contributed by atoms with van der Waals surface area (Å²) in [5, 5.41) is 7.68. The number of nitrogens with zero attached hydrogens (tertiary/aromatic N) is 4. The van der Waals surface area contributed by atoms with Crippen LogP contribution < -0.4 is 0 Å². The summed E-state index contributed by atoms with van der Waals surface area (Å²) in [7, 11) is 0. The van der Waals surface area contributed by atoms with Crippen LogP contribution >= 0.6 is 0 Å². The van der Waals surface area contributed by atoms with Crippen molar-refractivity contribution >= 4 is 11.0 Å². The van der Waals surface area contributed by atoms with Gasteiger partial charge in [0.05, 0.1) is 5.69 Å². The van der Waals surface area contributed by atoms with Crippen molar-refractivity contribution in [3.05, 3.63) is 36.3 Å². The second kappa shape index (κ2) is 3.37. The molecule has 0 saturated heterocycles. The van der Waals surface area contributed by atoms with Crippen LogP contribution in [-0.2, 0) is 0 Å². The third-order valence-corrected chi connectivity index (χ3v) is 2.37. The molecule has 0 fully saturated rings. The minimum atomic E-state index is 0.723. The lowest BCUT2D eigenvalue weighted by Gasteiger charge is -2.00. The van der Waals surface area contributed by atoms with Crippen LogP contribution in [0.1, 0.15) is 5.69 Å². The summed E-state index contributed by atoms with van der Waals surface area (Å²) in [5.41, 5.74) is 4.10. The first-order valence-electron chi connectivity index (χ1n) is 4.85. The fraction of sp³-hybridized carbons (Fsp3) is 0.0909. The SMILES string of the molecule is Cc1cc(-c2cccc3nonc23)ncn1. The van der Waals surface area contributed by atoms with E-state index in [1.54, 1.807) is 0 Å². The van der Waals surface area contributed by atoms with Gasteiger partial charge in [0.1, 0.15) is 17.4 Å². The molecule has 0 saturated carbocycles. The largest absolute Gasteiger partial charge is 0.243 e. The molecule has 0 spiro atoms. The molecule has 3 aromatic rings. The molecule has 0 unspecified atom stereocenters. The van der Waals surface area contributed by atoms with Gasteiger partial charge in [0.15, 0.2) is 0 Å². The number of hydrogen-bond acceptors (Lipinski definition) is 5. The molecule has 2 heterocycles. The van der Waals surface area contributed by atoms with Crippen molar-refractivity contribution < 1.29 is 4.63 Å². The number of aromatic nitrogens is 4. The first kappa shape index (κ1) is 8.96. The maximum atomic E-state index is 4.71. The Morgan fingerprint density at radius 2 is 2.06 bits per heavy atom. The van der Waals surface area contributed by atoms with Crippen LogP contribution in [0.3, 0.4) is 0 Å². The molecule has 0 N–H and O–H groups in total. The highest BCUT2D eigenvalue weighted by atomic mass is 16.6. The number of fused-ring (bicyclic) bond motifs is 1. The lowest BCUT2D eigenvalue weighted by Crippen LogP contribution is -1.88. The summed E-state index contributed by atoms with van der Waals surface area (Å²) in [6, 6.07) is 7.60. The molecule has 1 aromatic carbocycles. The average molecular weight is 212 g/mol. The molecule has 0 atom stereocenters. The maximum Gasteiger partial charge on any atom is 0.144 e. The third-order valence-electron chi connectivity index (χ3n) is 2.37. The summed E-state index contributed by atoms with van der Waals surface area (Å²) >= 11 is 0. The predicted octanol–water partition coefficient (Wildman–Crippen LogP) is 1.99. The highest BCUT2D eigenvalue weighted by molar-refractivity contribution is 5.89. The van der Waals surface area contributed by atoms with Gasteiger partial charge in [-0.05, 0) is 29.4 Å². The van der Waals surface area contributed by atoms with E-state index in [2.05, 4.69) is 20.3 Å². The smallest absolute Gasteiger partial charge is 0.144 e. The van der Waals surface area contributed by atoms with Crippen LogP contribution in [0.4, 0.5) is 0 Å². The van der Waals surface area contributed by atoms with Gasteiger partial charge >= 0.3 is 0 Å². The van der Waals surface area contributed by atoms with E-state index in [4.69, 9.17) is 4.63 Å². The minimum absolute atomic E-state index is 0.723. The Balaban J connectivity index is 2.29. The fourth-order valence-corrected chi connectivity index (χ4v) is 1.61. The lowest BCUT2D eigenvalue weighted by molar-refractivity contribution is 0.315. The molecule has 0 bridgehead atoms. The van der Waals surface area contributed by atoms with Crippen LogP contribution in [0.15, 0.2) is 35.2 Å². The number of benzene rings is 1. The van der Waals surface area contributed by atoms with Crippen LogP contribution in [0.2, 0.25) is 0 Å². The molecular weight excluding hydrogens is 204 g/mol. The maximum absolute atomic E-state index is 4.71. The second-order valence-electron chi connectivity index (χ2n) is 3.48. The highest BCUT2D eigenvalue weighted by Gasteiger charge is 2.09. The van der Waals surface area contributed by atoms with Crippen LogP contribution in [0, 0.1) is 6.92 Å². The van der Waals surface area contributed by atoms with Gasteiger partial charge in [0.2, 0.25) is 0 Å². The fourth-order valence-electron chi connectivity index (χ4n) is 1.61. The molecule has 78 valence electrons. The molecule has 0 aliphatic rings. The summed E-state index contributed by atoms with van der Waals surface area (Å²) in [6.45, 7) is 1.92. The molecule has 0 radical (unpaired) electrons. The van der Waals surface area contributed by atoms with E-state index in [9.17, 15) is 0 Å². The first-order chi connectivity index (χ1) is 7.84. The second-order valence-corrected chi connectivity index (χ2v) is 3.48. The molecule has 5 nitrogen and oxygen atoms in total. The Bertz CT molecular complexity index is 647. The van der Waals surface area contributed by atoms with Crippen molar-refractivity contribution in [3.8, 4) is 11.3 Å². The molecular formula is C11H8N4O. The molecule has 5 heteroatoms. The van der Waals surface area contributed by atoms with Crippen LogP contribution in [-0.4, -0.2) is 20.3 Å². The zero-order chi connectivity index (χ0) is 11.0. The van der Waals surface area contributed by atoms with Gasteiger partial charge in [-0.2, -0.15) is 0 Å². The van der Waals surface area contributed by atoms with Crippen molar-refractivity contribution in [1.29, 1.82) is 0 Å². The van der Waals surface area contributed by atoms with Gasteiger partial charge in [-0.1, -0.05) is 12.1 Å². The lowest BCUT2D eigenvalue weighted by atomic mass is 10.1. The Hall–Kier alpha value is -2.30. The first-order valence-corrected chi connectivity index (χ1v) is 4.85. The quantitative estimate of drug-likeness (QED) is 0.617. The van der Waals surface area contributed by atoms with E-state index in [0.29, 0.717) is 0 Å². The van der Waals surface area contributed by atoms with E-state index < -0.39 is 0 Å². The van der Waals surface area contributed by atoms with Crippen molar-refractivity contribution in [2.45, 2.75) is 6.92 Å². The average Bonchev–Trinajstić information content (AvgIpc) is 2.76. The van der Waals surface area contributed by atoms with Crippen molar-refractivity contribution in [2.75, 3.05) is 0 Å². The summed E-state index contributed by atoms with van der Waals surface area (Å²) < 4.78 is 4.71. The van der Waals surface area contributed by atoms with Crippen molar-refractivity contribution in [3.63, 3.8) is 0 Å². The monoisotopic (exact) mass is 212 g/mol.